The summed E-state index contributed by atoms with van der Waals surface area (Å²) in [6.45, 7) is 0.878. The van der Waals surface area contributed by atoms with E-state index in [9.17, 15) is 22.4 Å². The Kier molecular flexibility index (Phi) is 5.22. The van der Waals surface area contributed by atoms with Crippen molar-refractivity contribution < 1.29 is 27.1 Å². The van der Waals surface area contributed by atoms with Gasteiger partial charge in [0.1, 0.15) is 11.9 Å². The third-order valence-electron chi connectivity index (χ3n) is 6.05. The van der Waals surface area contributed by atoms with Crippen LogP contribution in [0.5, 0.6) is 5.75 Å². The van der Waals surface area contributed by atoms with E-state index in [1.54, 1.807) is 12.1 Å². The van der Waals surface area contributed by atoms with E-state index >= 15 is 0 Å². The van der Waals surface area contributed by atoms with Gasteiger partial charge in [-0.2, -0.15) is 0 Å². The Morgan fingerprint density at radius 1 is 1.14 bits per heavy atom. The lowest BCUT2D eigenvalue weighted by molar-refractivity contribution is -0.274. The maximum Gasteiger partial charge on any atom is 0.573 e. The van der Waals surface area contributed by atoms with Crippen LogP contribution >= 0.6 is 0 Å². The highest BCUT2D eigenvalue weighted by atomic mass is 19.4. The molecule has 0 radical (unpaired) electrons. The average Bonchev–Trinajstić information content (AvgIpc) is 3.31. The number of carbonyl (C=O) groups is 1. The summed E-state index contributed by atoms with van der Waals surface area (Å²) >= 11 is 0. The predicted octanol–water partition coefficient (Wildman–Crippen LogP) is 2.44. The first kappa shape index (κ1) is 19.4. The van der Waals surface area contributed by atoms with Gasteiger partial charge in [-0.3, -0.25) is 4.79 Å². The second kappa shape index (κ2) is 7.51. The molecule has 1 amide bonds. The molecule has 2 aliphatic heterocycles. The van der Waals surface area contributed by atoms with Crippen molar-refractivity contribution in [2.24, 2.45) is 11.8 Å². The smallest absolute Gasteiger partial charge is 0.406 e. The van der Waals surface area contributed by atoms with E-state index in [1.807, 2.05) is 0 Å². The maximum absolute atomic E-state index is 13.3. The summed E-state index contributed by atoms with van der Waals surface area (Å²) in [5.41, 5.74) is 0.749. The molecule has 154 valence electrons. The van der Waals surface area contributed by atoms with E-state index < -0.39 is 18.6 Å². The van der Waals surface area contributed by atoms with Crippen molar-refractivity contribution in [3.05, 3.63) is 29.8 Å². The van der Waals surface area contributed by atoms with Crippen LogP contribution in [0, 0.1) is 11.8 Å². The summed E-state index contributed by atoms with van der Waals surface area (Å²) in [7, 11) is 0. The molecule has 2 saturated heterocycles. The molecule has 1 aromatic carbocycles. The van der Waals surface area contributed by atoms with Crippen LogP contribution in [-0.4, -0.2) is 43.6 Å². The fraction of sp³-hybridized carbons (Fsp3) is 0.632. The lowest BCUT2D eigenvalue weighted by atomic mass is 9.88. The minimum Gasteiger partial charge on any atom is -0.406 e. The number of hydrogen-bond acceptors (Lipinski definition) is 4. The van der Waals surface area contributed by atoms with Gasteiger partial charge < -0.3 is 20.7 Å². The minimum absolute atomic E-state index is 0.00920. The normalized spacial score (nSPS) is 35.0. The Labute approximate surface area is 160 Å². The molecule has 0 bridgehead atoms. The summed E-state index contributed by atoms with van der Waals surface area (Å²) in [5, 5.41) is 9.32. The lowest BCUT2D eigenvalue weighted by Gasteiger charge is -2.22. The second-order valence-electron chi connectivity index (χ2n) is 7.82. The number of fused-ring (bicyclic) bond motifs is 1. The molecule has 3 aliphatic rings. The SMILES string of the molecule is O=C(N[C@H]1CC[C@@H]2C(c3cccc(OC(F)(F)F)c3)NC[C@H]12)[C@@H]1C[C@@H](F)CN1. The molecule has 3 fully saturated rings. The first-order chi connectivity index (χ1) is 13.3. The van der Waals surface area contributed by atoms with Crippen molar-refractivity contribution >= 4 is 5.91 Å². The number of nitrogens with one attached hydrogen (secondary N) is 3. The average molecular weight is 401 g/mol. The molecule has 1 aliphatic carbocycles. The maximum atomic E-state index is 13.3. The molecule has 0 aromatic heterocycles. The van der Waals surface area contributed by atoms with E-state index in [1.165, 1.54) is 12.1 Å². The summed E-state index contributed by atoms with van der Waals surface area (Å²) in [5.74, 6) is 0.0154. The van der Waals surface area contributed by atoms with E-state index in [4.69, 9.17) is 0 Å². The zero-order valence-electron chi connectivity index (χ0n) is 15.1. The molecule has 1 saturated carbocycles. The van der Waals surface area contributed by atoms with Gasteiger partial charge in [0.2, 0.25) is 5.91 Å². The van der Waals surface area contributed by atoms with Crippen molar-refractivity contribution in [2.75, 3.05) is 13.1 Å². The number of ether oxygens (including phenoxy) is 1. The highest BCUT2D eigenvalue weighted by Gasteiger charge is 2.46. The first-order valence-corrected chi connectivity index (χ1v) is 9.57. The number of carbonyl (C=O) groups excluding carboxylic acids is 1. The first-order valence-electron chi connectivity index (χ1n) is 9.57. The van der Waals surface area contributed by atoms with Crippen molar-refractivity contribution in [3.8, 4) is 5.75 Å². The molecule has 4 rings (SSSR count). The number of amides is 1. The van der Waals surface area contributed by atoms with Crippen LogP contribution in [0.1, 0.15) is 30.9 Å². The topological polar surface area (TPSA) is 62.4 Å². The molecule has 5 nitrogen and oxygen atoms in total. The number of halogens is 4. The standard InChI is InChI=1S/C19H23F4N3O2/c20-11-7-16(24-8-11)18(27)26-15-5-4-13-14(15)9-25-17(13)10-2-1-3-12(6-10)28-19(21,22)23/h1-3,6,11,13-17,24-25H,4-5,7-9H2,(H,26,27)/t11-,13+,14+,15+,16+,17?/m1/s1. The molecule has 28 heavy (non-hydrogen) atoms. The minimum atomic E-state index is -4.72. The highest BCUT2D eigenvalue weighted by molar-refractivity contribution is 5.82. The van der Waals surface area contributed by atoms with Gasteiger partial charge in [0.05, 0.1) is 6.04 Å². The van der Waals surface area contributed by atoms with Gasteiger partial charge in [-0.05, 0) is 42.4 Å². The largest absolute Gasteiger partial charge is 0.573 e. The van der Waals surface area contributed by atoms with Crippen LogP contribution in [0.25, 0.3) is 0 Å². The summed E-state index contributed by atoms with van der Waals surface area (Å²) in [4.78, 5) is 12.4. The Morgan fingerprint density at radius 2 is 1.96 bits per heavy atom. The lowest BCUT2D eigenvalue weighted by Crippen LogP contribution is -2.47. The van der Waals surface area contributed by atoms with Crippen LogP contribution in [0.3, 0.4) is 0 Å². The summed E-state index contributed by atoms with van der Waals surface area (Å²) in [6.07, 6.45) is -3.85. The quantitative estimate of drug-likeness (QED) is 0.679. The van der Waals surface area contributed by atoms with Crippen LogP contribution in [0.15, 0.2) is 24.3 Å². The summed E-state index contributed by atoms with van der Waals surface area (Å²) < 4.78 is 54.8. The third kappa shape index (κ3) is 4.10. The Hall–Kier alpha value is -1.87. The van der Waals surface area contributed by atoms with E-state index in [0.29, 0.717) is 6.54 Å². The monoisotopic (exact) mass is 401 g/mol. The van der Waals surface area contributed by atoms with Gasteiger partial charge in [-0.1, -0.05) is 12.1 Å². The van der Waals surface area contributed by atoms with Crippen LogP contribution in [-0.2, 0) is 4.79 Å². The van der Waals surface area contributed by atoms with Crippen molar-refractivity contribution in [1.29, 1.82) is 0 Å². The number of benzene rings is 1. The van der Waals surface area contributed by atoms with Crippen molar-refractivity contribution in [1.82, 2.24) is 16.0 Å². The predicted molar refractivity (Wildman–Crippen MR) is 93.3 cm³/mol. The van der Waals surface area contributed by atoms with Crippen LogP contribution in [0.4, 0.5) is 17.6 Å². The van der Waals surface area contributed by atoms with Gasteiger partial charge >= 0.3 is 6.36 Å². The van der Waals surface area contributed by atoms with Crippen LogP contribution in [0.2, 0.25) is 0 Å². The number of rotatable bonds is 4. The second-order valence-corrected chi connectivity index (χ2v) is 7.82. The molecule has 1 aromatic rings. The van der Waals surface area contributed by atoms with Crippen LogP contribution < -0.4 is 20.7 Å². The molecule has 3 N–H and O–H groups in total. The van der Waals surface area contributed by atoms with Gasteiger partial charge in [0.25, 0.3) is 0 Å². The van der Waals surface area contributed by atoms with Gasteiger partial charge in [-0.25, -0.2) is 4.39 Å². The Bertz CT molecular complexity index is 729. The van der Waals surface area contributed by atoms with Gasteiger partial charge in [0.15, 0.2) is 0 Å². The van der Waals surface area contributed by atoms with Crippen molar-refractivity contribution in [2.45, 2.75) is 49.9 Å². The van der Waals surface area contributed by atoms with Gasteiger partial charge in [0, 0.05) is 31.6 Å². The molecule has 9 heteroatoms. The zero-order valence-corrected chi connectivity index (χ0v) is 15.1. The fourth-order valence-electron chi connectivity index (χ4n) is 4.85. The molecule has 1 unspecified atom stereocenters. The molecule has 2 heterocycles. The third-order valence-corrected chi connectivity index (χ3v) is 6.05. The molecule has 6 atom stereocenters. The number of alkyl halides is 4. The molecular weight excluding hydrogens is 378 g/mol. The molecular formula is C19H23F4N3O2. The Morgan fingerprint density at radius 3 is 2.68 bits per heavy atom. The van der Waals surface area contributed by atoms with E-state index in [0.717, 1.165) is 18.4 Å². The zero-order chi connectivity index (χ0) is 19.9. The highest BCUT2D eigenvalue weighted by Crippen LogP contribution is 2.45. The van der Waals surface area contributed by atoms with E-state index in [-0.39, 0.29) is 48.5 Å². The fourth-order valence-corrected chi connectivity index (χ4v) is 4.85. The van der Waals surface area contributed by atoms with Gasteiger partial charge in [-0.15, -0.1) is 13.2 Å². The summed E-state index contributed by atoms with van der Waals surface area (Å²) in [6, 6.07) is 5.47. The number of hydrogen-bond donors (Lipinski definition) is 3. The van der Waals surface area contributed by atoms with E-state index in [2.05, 4.69) is 20.7 Å². The van der Waals surface area contributed by atoms with Crippen molar-refractivity contribution in [3.63, 3.8) is 0 Å². The Balaban J connectivity index is 1.40. The molecule has 0 spiro atoms.